The van der Waals surface area contributed by atoms with Gasteiger partial charge in [0.05, 0.1) is 6.04 Å². The molecule has 1 radical (unpaired) electrons. The molecule has 3 rings (SSSR count). The van der Waals surface area contributed by atoms with E-state index in [1.165, 1.54) is 18.5 Å². The van der Waals surface area contributed by atoms with Crippen LogP contribution in [0, 0.1) is 12.5 Å². The summed E-state index contributed by atoms with van der Waals surface area (Å²) >= 11 is 0. The number of hydrogen-bond donors (Lipinski definition) is 0. The Morgan fingerprint density at radius 2 is 2.50 bits per heavy atom. The van der Waals surface area contributed by atoms with Gasteiger partial charge in [-0.2, -0.15) is 0 Å². The number of ether oxygens (including phenoxy) is 1. The van der Waals surface area contributed by atoms with E-state index in [0.717, 1.165) is 12.6 Å². The molecule has 0 aromatic heterocycles. The molecule has 2 saturated heterocycles. The fourth-order valence-corrected chi connectivity index (χ4v) is 2.36. The summed E-state index contributed by atoms with van der Waals surface area (Å²) in [5.74, 6) is 0.764. The van der Waals surface area contributed by atoms with Gasteiger partial charge in [-0.1, -0.05) is 12.2 Å². The van der Waals surface area contributed by atoms with Crippen LogP contribution in [0.3, 0.4) is 0 Å². The molecule has 1 aliphatic carbocycles. The molecule has 12 heavy (non-hydrogen) atoms. The van der Waals surface area contributed by atoms with Crippen LogP contribution in [-0.2, 0) is 4.74 Å². The molecular formula is C10H12NO. The summed E-state index contributed by atoms with van der Waals surface area (Å²) in [6.07, 6.45) is 9.11. The Labute approximate surface area is 72.5 Å². The molecule has 0 bridgehead atoms. The maximum absolute atomic E-state index is 5.30. The van der Waals surface area contributed by atoms with Gasteiger partial charge < -0.3 is 9.64 Å². The number of hydrogen-bond acceptors (Lipinski definition) is 2. The van der Waals surface area contributed by atoms with E-state index < -0.39 is 0 Å². The van der Waals surface area contributed by atoms with Crippen LogP contribution in [-0.4, -0.2) is 17.7 Å². The van der Waals surface area contributed by atoms with Crippen molar-refractivity contribution in [3.63, 3.8) is 0 Å². The van der Waals surface area contributed by atoms with E-state index >= 15 is 0 Å². The van der Waals surface area contributed by atoms with Crippen molar-refractivity contribution in [1.82, 2.24) is 4.90 Å². The zero-order chi connectivity index (χ0) is 7.97. The number of allylic oxidation sites excluding steroid dienone is 4. The van der Waals surface area contributed by atoms with E-state index in [-0.39, 0.29) is 0 Å². The average Bonchev–Trinajstić information content (AvgIpc) is 2.62. The van der Waals surface area contributed by atoms with Gasteiger partial charge in [-0.3, -0.25) is 0 Å². The Balaban J connectivity index is 1.94. The summed E-state index contributed by atoms with van der Waals surface area (Å²) in [4.78, 5) is 2.37. The molecule has 63 valence electrons. The summed E-state index contributed by atoms with van der Waals surface area (Å²) in [6.45, 7) is 2.75. The minimum atomic E-state index is 0.557. The minimum Gasteiger partial charge on any atom is -0.353 e. The third kappa shape index (κ3) is 0.787. The van der Waals surface area contributed by atoms with Crippen LogP contribution in [0.2, 0.25) is 0 Å². The van der Waals surface area contributed by atoms with Crippen LogP contribution >= 0.6 is 0 Å². The largest absolute Gasteiger partial charge is 0.353 e. The lowest BCUT2D eigenvalue weighted by atomic mass is 9.96. The first-order valence-electron chi connectivity index (χ1n) is 4.53. The second-order valence-corrected chi connectivity index (χ2v) is 3.66. The van der Waals surface area contributed by atoms with Gasteiger partial charge in [0.2, 0.25) is 0 Å². The van der Waals surface area contributed by atoms with Gasteiger partial charge in [-0.05, 0) is 18.9 Å². The molecule has 3 aliphatic rings. The molecule has 2 fully saturated rings. The molecule has 2 aliphatic heterocycles. The molecule has 0 aromatic rings. The Bertz CT molecular complexity index is 257. The van der Waals surface area contributed by atoms with E-state index in [1.54, 1.807) is 0 Å². The van der Waals surface area contributed by atoms with Gasteiger partial charge in [0.1, 0.15) is 13.3 Å². The van der Waals surface area contributed by atoms with E-state index in [1.807, 2.05) is 6.61 Å². The predicted octanol–water partition coefficient (Wildman–Crippen LogP) is 1.67. The maximum atomic E-state index is 5.30. The molecule has 0 aromatic carbocycles. The van der Waals surface area contributed by atoms with Crippen LogP contribution in [0.15, 0.2) is 23.9 Å². The van der Waals surface area contributed by atoms with Crippen LogP contribution in [0.4, 0.5) is 0 Å². The summed E-state index contributed by atoms with van der Waals surface area (Å²) in [5, 5.41) is 0. The first kappa shape index (κ1) is 6.72. The number of nitrogens with zero attached hydrogens (tertiary/aromatic N) is 1. The van der Waals surface area contributed by atoms with Gasteiger partial charge in [0.25, 0.3) is 0 Å². The van der Waals surface area contributed by atoms with Gasteiger partial charge in [-0.15, -0.1) is 0 Å². The lowest BCUT2D eigenvalue weighted by Gasteiger charge is -2.20. The number of rotatable bonds is 0. The second-order valence-electron chi connectivity index (χ2n) is 3.66. The van der Waals surface area contributed by atoms with E-state index in [9.17, 15) is 0 Å². The van der Waals surface area contributed by atoms with E-state index in [2.05, 4.69) is 23.1 Å². The third-order valence-electron chi connectivity index (χ3n) is 2.97. The van der Waals surface area contributed by atoms with Crippen molar-refractivity contribution in [3.05, 3.63) is 30.5 Å². The predicted molar refractivity (Wildman–Crippen MR) is 45.8 cm³/mol. The van der Waals surface area contributed by atoms with Crippen molar-refractivity contribution >= 4 is 0 Å². The van der Waals surface area contributed by atoms with Gasteiger partial charge in [0.15, 0.2) is 0 Å². The molecule has 0 N–H and O–H groups in total. The second kappa shape index (κ2) is 2.36. The first-order valence-corrected chi connectivity index (χ1v) is 4.53. The Kier molecular flexibility index (Phi) is 1.32. The molecule has 2 nitrogen and oxygen atoms in total. The van der Waals surface area contributed by atoms with Crippen LogP contribution in [0.25, 0.3) is 0 Å². The van der Waals surface area contributed by atoms with Crippen molar-refractivity contribution in [1.29, 1.82) is 0 Å². The van der Waals surface area contributed by atoms with Crippen molar-refractivity contribution < 1.29 is 4.74 Å². The summed E-state index contributed by atoms with van der Waals surface area (Å²) in [7, 11) is 0. The quantitative estimate of drug-likeness (QED) is 0.537. The highest BCUT2D eigenvalue weighted by Gasteiger charge is 2.39. The summed E-state index contributed by atoms with van der Waals surface area (Å²) in [5.41, 5.74) is 1.48. The molecular weight excluding hydrogens is 150 g/mol. The van der Waals surface area contributed by atoms with Crippen LogP contribution < -0.4 is 0 Å². The molecule has 0 spiro atoms. The van der Waals surface area contributed by atoms with Gasteiger partial charge in [-0.25, -0.2) is 0 Å². The first-order chi connectivity index (χ1) is 5.95. The number of fused-ring (bicyclic) bond motifs is 3. The zero-order valence-corrected chi connectivity index (χ0v) is 6.94. The highest BCUT2D eigenvalue weighted by molar-refractivity contribution is 5.25. The van der Waals surface area contributed by atoms with E-state index in [4.69, 9.17) is 4.74 Å². The van der Waals surface area contributed by atoms with Crippen molar-refractivity contribution in [3.8, 4) is 0 Å². The molecule has 0 amide bonds. The Morgan fingerprint density at radius 3 is 3.50 bits per heavy atom. The fourth-order valence-electron chi connectivity index (χ4n) is 2.36. The van der Waals surface area contributed by atoms with Crippen molar-refractivity contribution in [2.24, 2.45) is 5.92 Å². The van der Waals surface area contributed by atoms with Crippen molar-refractivity contribution in [2.75, 3.05) is 6.73 Å². The molecule has 2 heteroatoms. The fraction of sp³-hybridized carbons (Fsp3) is 0.500. The highest BCUT2D eigenvalue weighted by atomic mass is 16.5. The average molecular weight is 162 g/mol. The van der Waals surface area contributed by atoms with Crippen molar-refractivity contribution in [2.45, 2.75) is 18.9 Å². The third-order valence-corrected chi connectivity index (χ3v) is 2.97. The minimum absolute atomic E-state index is 0.557. The van der Waals surface area contributed by atoms with Crippen LogP contribution in [0.1, 0.15) is 12.8 Å². The van der Waals surface area contributed by atoms with Crippen LogP contribution in [0.5, 0.6) is 0 Å². The lowest BCUT2D eigenvalue weighted by Crippen LogP contribution is -2.21. The molecule has 2 heterocycles. The molecule has 2 unspecified atom stereocenters. The lowest BCUT2D eigenvalue weighted by molar-refractivity contribution is 0.184. The normalized spacial score (nSPS) is 38.0. The maximum Gasteiger partial charge on any atom is 0.119 e. The highest BCUT2D eigenvalue weighted by Crippen LogP contribution is 2.40. The standard InChI is InChI=1S/C10H12NO/c1-2-4-10-8(3-1)5-9-6-12-7-11(9)10/h1-2,4,6,8-9H,3,5,7H2. The van der Waals surface area contributed by atoms with Gasteiger partial charge >= 0.3 is 0 Å². The summed E-state index contributed by atoms with van der Waals surface area (Å²) in [6, 6.07) is 0.557. The molecule has 2 atom stereocenters. The zero-order valence-electron chi connectivity index (χ0n) is 6.94. The Morgan fingerprint density at radius 1 is 1.50 bits per heavy atom. The smallest absolute Gasteiger partial charge is 0.119 e. The van der Waals surface area contributed by atoms with Gasteiger partial charge in [0, 0.05) is 11.6 Å². The molecule has 0 saturated carbocycles. The monoisotopic (exact) mass is 162 g/mol. The SMILES string of the molecule is [CH]1OCN2C3=CC=CCC3CC12. The summed E-state index contributed by atoms with van der Waals surface area (Å²) < 4.78 is 5.30. The topological polar surface area (TPSA) is 12.5 Å². The van der Waals surface area contributed by atoms with E-state index in [0.29, 0.717) is 6.04 Å². The Hall–Kier alpha value is -0.760.